The van der Waals surface area contributed by atoms with Crippen LogP contribution in [0.1, 0.15) is 27.2 Å². The average Bonchev–Trinajstić information content (AvgIpc) is 2.11. The number of allylic oxidation sites excluding steroid dienone is 1. The summed E-state index contributed by atoms with van der Waals surface area (Å²) in [5.74, 6) is 0.777. The summed E-state index contributed by atoms with van der Waals surface area (Å²) in [6.07, 6.45) is 4.84. The fraction of sp³-hybridized carbons (Fsp3) is 0.583. The van der Waals surface area contributed by atoms with Crippen LogP contribution >= 0.6 is 0 Å². The molecular formula is C12H19NO. The number of nitrogens with zero attached hydrogens (tertiary/aromatic N) is 1. The van der Waals surface area contributed by atoms with Gasteiger partial charge in [-0.05, 0) is 25.8 Å². The van der Waals surface area contributed by atoms with Crippen LogP contribution in [0.15, 0.2) is 24.4 Å². The summed E-state index contributed by atoms with van der Waals surface area (Å²) in [6.45, 7) is 10.8. The van der Waals surface area contributed by atoms with Gasteiger partial charge in [-0.3, -0.25) is 4.79 Å². The molecule has 0 aromatic carbocycles. The Kier molecular flexibility index (Phi) is 3.50. The second-order valence-corrected chi connectivity index (χ2v) is 4.10. The fourth-order valence-corrected chi connectivity index (χ4v) is 1.69. The van der Waals surface area contributed by atoms with Crippen molar-refractivity contribution in [1.29, 1.82) is 0 Å². The van der Waals surface area contributed by atoms with E-state index in [2.05, 4.69) is 31.4 Å². The van der Waals surface area contributed by atoms with Crippen molar-refractivity contribution >= 4 is 5.78 Å². The van der Waals surface area contributed by atoms with E-state index in [1.807, 2.05) is 6.08 Å². The van der Waals surface area contributed by atoms with Crippen molar-refractivity contribution in [3.8, 4) is 0 Å². The molecule has 0 aromatic rings. The Morgan fingerprint density at radius 3 is 2.79 bits per heavy atom. The van der Waals surface area contributed by atoms with Crippen molar-refractivity contribution in [2.75, 3.05) is 6.54 Å². The largest absolute Gasteiger partial charge is 0.368 e. The van der Waals surface area contributed by atoms with Gasteiger partial charge in [0.2, 0.25) is 0 Å². The third-order valence-electron chi connectivity index (χ3n) is 2.92. The maximum Gasteiger partial charge on any atom is 0.131 e. The number of hydrogen-bond donors (Lipinski definition) is 0. The molecule has 2 atom stereocenters. The molecule has 1 aliphatic heterocycles. The van der Waals surface area contributed by atoms with Gasteiger partial charge in [-0.25, -0.2) is 0 Å². The molecule has 1 aliphatic rings. The van der Waals surface area contributed by atoms with Crippen LogP contribution in [-0.4, -0.2) is 23.3 Å². The monoisotopic (exact) mass is 193 g/mol. The van der Waals surface area contributed by atoms with Crippen LogP contribution in [0.25, 0.3) is 0 Å². The molecule has 0 N–H and O–H groups in total. The maximum atomic E-state index is 10.9. The third-order valence-corrected chi connectivity index (χ3v) is 2.92. The Labute approximate surface area is 86.3 Å². The molecular weight excluding hydrogens is 174 g/mol. The molecule has 0 spiro atoms. The average molecular weight is 193 g/mol. The minimum atomic E-state index is 0.243. The summed E-state index contributed by atoms with van der Waals surface area (Å²) in [5.41, 5.74) is 1.02. The summed E-state index contributed by atoms with van der Waals surface area (Å²) >= 11 is 0. The van der Waals surface area contributed by atoms with Crippen molar-refractivity contribution < 1.29 is 4.79 Å². The lowest BCUT2D eigenvalue weighted by Crippen LogP contribution is -2.39. The summed E-state index contributed by atoms with van der Waals surface area (Å²) < 4.78 is 0. The van der Waals surface area contributed by atoms with Gasteiger partial charge >= 0.3 is 0 Å². The van der Waals surface area contributed by atoms with E-state index >= 15 is 0 Å². The van der Waals surface area contributed by atoms with Gasteiger partial charge in [0.15, 0.2) is 0 Å². The molecule has 2 unspecified atom stereocenters. The highest BCUT2D eigenvalue weighted by Gasteiger charge is 2.22. The first kappa shape index (κ1) is 11.0. The minimum absolute atomic E-state index is 0.243. The van der Waals surface area contributed by atoms with Crippen molar-refractivity contribution in [2.45, 2.75) is 33.2 Å². The van der Waals surface area contributed by atoms with E-state index in [9.17, 15) is 4.79 Å². The summed E-state index contributed by atoms with van der Waals surface area (Å²) in [4.78, 5) is 13.1. The Hall–Kier alpha value is -1.05. The number of rotatable bonds is 3. The van der Waals surface area contributed by atoms with Gasteiger partial charge in [0.1, 0.15) is 5.78 Å². The van der Waals surface area contributed by atoms with Crippen LogP contribution in [0.4, 0.5) is 0 Å². The quantitative estimate of drug-likeness (QED) is 0.686. The molecule has 0 amide bonds. The Bertz CT molecular complexity index is 267. The molecule has 0 radical (unpaired) electrons. The first-order chi connectivity index (χ1) is 6.52. The zero-order chi connectivity index (χ0) is 10.7. The maximum absolute atomic E-state index is 10.9. The predicted octanol–water partition coefficient (Wildman–Crippen LogP) is 2.38. The summed E-state index contributed by atoms with van der Waals surface area (Å²) in [6, 6.07) is 0.451. The standard InChI is InChI=1S/C12H19NO/c1-9-5-6-10(2)13(12(9)4)8-7-11(3)14/h5-6,9,12H,2,7-8H2,1,3-4H3. The molecule has 0 saturated heterocycles. The highest BCUT2D eigenvalue weighted by molar-refractivity contribution is 5.75. The van der Waals surface area contributed by atoms with Crippen LogP contribution in [0, 0.1) is 5.92 Å². The van der Waals surface area contributed by atoms with E-state index < -0.39 is 0 Å². The number of hydrogen-bond acceptors (Lipinski definition) is 2. The third kappa shape index (κ3) is 2.47. The van der Waals surface area contributed by atoms with Crippen molar-refractivity contribution in [2.24, 2.45) is 5.92 Å². The molecule has 2 heteroatoms. The molecule has 0 bridgehead atoms. The first-order valence-electron chi connectivity index (χ1n) is 5.15. The topological polar surface area (TPSA) is 20.3 Å². The molecule has 0 aliphatic carbocycles. The van der Waals surface area contributed by atoms with Gasteiger partial charge in [0.25, 0.3) is 0 Å². The summed E-state index contributed by atoms with van der Waals surface area (Å²) in [5, 5.41) is 0. The van der Waals surface area contributed by atoms with Crippen molar-refractivity contribution in [3.63, 3.8) is 0 Å². The smallest absolute Gasteiger partial charge is 0.131 e. The van der Waals surface area contributed by atoms with E-state index in [4.69, 9.17) is 0 Å². The highest BCUT2D eigenvalue weighted by Crippen LogP contribution is 2.23. The molecule has 1 rings (SSSR count). The van der Waals surface area contributed by atoms with E-state index in [0.29, 0.717) is 18.4 Å². The van der Waals surface area contributed by atoms with Crippen LogP contribution in [0.2, 0.25) is 0 Å². The van der Waals surface area contributed by atoms with E-state index in [1.165, 1.54) is 0 Å². The highest BCUT2D eigenvalue weighted by atomic mass is 16.1. The zero-order valence-electron chi connectivity index (χ0n) is 9.29. The second kappa shape index (κ2) is 4.45. The second-order valence-electron chi connectivity index (χ2n) is 4.10. The van der Waals surface area contributed by atoms with Crippen LogP contribution in [-0.2, 0) is 4.79 Å². The van der Waals surface area contributed by atoms with E-state index in [0.717, 1.165) is 12.2 Å². The predicted molar refractivity (Wildman–Crippen MR) is 58.9 cm³/mol. The van der Waals surface area contributed by atoms with Crippen molar-refractivity contribution in [1.82, 2.24) is 4.90 Å². The van der Waals surface area contributed by atoms with Gasteiger partial charge in [0, 0.05) is 24.7 Å². The lowest BCUT2D eigenvalue weighted by Gasteiger charge is -2.37. The van der Waals surface area contributed by atoms with Gasteiger partial charge < -0.3 is 4.90 Å². The number of Topliss-reactive ketones (excluding diaryl/α,β-unsaturated/α-hetero) is 1. The van der Waals surface area contributed by atoms with E-state index in [-0.39, 0.29) is 5.78 Å². The molecule has 14 heavy (non-hydrogen) atoms. The SMILES string of the molecule is C=C1C=CC(C)C(C)N1CCC(C)=O. The van der Waals surface area contributed by atoms with Gasteiger partial charge in [-0.1, -0.05) is 19.6 Å². The fourth-order valence-electron chi connectivity index (χ4n) is 1.69. The van der Waals surface area contributed by atoms with Crippen LogP contribution < -0.4 is 0 Å². The molecule has 2 nitrogen and oxygen atoms in total. The zero-order valence-corrected chi connectivity index (χ0v) is 9.29. The number of carbonyl (C=O) groups is 1. The van der Waals surface area contributed by atoms with Crippen LogP contribution in [0.3, 0.4) is 0 Å². The minimum Gasteiger partial charge on any atom is -0.368 e. The van der Waals surface area contributed by atoms with Gasteiger partial charge in [0.05, 0.1) is 0 Å². The Morgan fingerprint density at radius 2 is 2.21 bits per heavy atom. The lowest BCUT2D eigenvalue weighted by molar-refractivity contribution is -0.117. The number of carbonyl (C=O) groups excluding carboxylic acids is 1. The normalized spacial score (nSPS) is 26.8. The Balaban J connectivity index is 2.62. The van der Waals surface area contributed by atoms with Crippen molar-refractivity contribution in [3.05, 3.63) is 24.4 Å². The van der Waals surface area contributed by atoms with Gasteiger partial charge in [-0.15, -0.1) is 0 Å². The van der Waals surface area contributed by atoms with E-state index in [1.54, 1.807) is 6.92 Å². The molecule has 0 saturated carbocycles. The lowest BCUT2D eigenvalue weighted by atomic mass is 9.96. The molecule has 1 heterocycles. The summed E-state index contributed by atoms with van der Waals surface area (Å²) in [7, 11) is 0. The molecule has 78 valence electrons. The first-order valence-corrected chi connectivity index (χ1v) is 5.15. The van der Waals surface area contributed by atoms with Gasteiger partial charge in [-0.2, -0.15) is 0 Å². The molecule has 0 aromatic heterocycles. The van der Waals surface area contributed by atoms with Crippen LogP contribution in [0.5, 0.6) is 0 Å². The molecule has 0 fully saturated rings. The Morgan fingerprint density at radius 1 is 1.57 bits per heavy atom. The number of ketones is 1.